The first-order valence-corrected chi connectivity index (χ1v) is 7.81. The van der Waals surface area contributed by atoms with Gasteiger partial charge in [0.2, 0.25) is 0 Å². The molecule has 0 amide bonds. The summed E-state index contributed by atoms with van der Waals surface area (Å²) in [5.41, 5.74) is 1.28. The van der Waals surface area contributed by atoms with Crippen molar-refractivity contribution in [2.75, 3.05) is 13.2 Å². The molecule has 0 aromatic heterocycles. The number of benzene rings is 1. The Morgan fingerprint density at radius 2 is 1.62 bits per heavy atom. The summed E-state index contributed by atoms with van der Waals surface area (Å²) < 4.78 is 15.3. The van der Waals surface area contributed by atoms with Crippen LogP contribution in [0.3, 0.4) is 0 Å². The topological polar surface area (TPSA) is 78.9 Å². The summed E-state index contributed by atoms with van der Waals surface area (Å²) >= 11 is 0. The average Bonchev–Trinajstić information content (AvgIpc) is 2.85. The third-order valence-corrected chi connectivity index (χ3v) is 3.70. The summed E-state index contributed by atoms with van der Waals surface area (Å²) in [6, 6.07) is 9.12. The van der Waals surface area contributed by atoms with Gasteiger partial charge in [-0.2, -0.15) is 0 Å². The lowest BCUT2D eigenvalue weighted by atomic mass is 9.92. The quantitative estimate of drug-likeness (QED) is 0.452. The molecule has 2 rings (SSSR count). The van der Waals surface area contributed by atoms with Gasteiger partial charge >= 0.3 is 17.9 Å². The van der Waals surface area contributed by atoms with Crippen molar-refractivity contribution in [2.45, 2.75) is 26.9 Å². The monoisotopic (exact) mass is 332 g/mol. The average molecular weight is 332 g/mol. The lowest BCUT2D eigenvalue weighted by Gasteiger charge is -2.14. The van der Waals surface area contributed by atoms with Crippen LogP contribution in [0.1, 0.15) is 32.4 Å². The van der Waals surface area contributed by atoms with Crippen LogP contribution in [0, 0.1) is 5.92 Å². The second-order valence-corrected chi connectivity index (χ2v) is 5.23. The third-order valence-electron chi connectivity index (χ3n) is 3.70. The largest absolute Gasteiger partial charge is 0.465 e. The summed E-state index contributed by atoms with van der Waals surface area (Å²) in [7, 11) is 0. The number of esters is 3. The summed E-state index contributed by atoms with van der Waals surface area (Å²) in [5, 5.41) is 0. The molecule has 1 aromatic rings. The van der Waals surface area contributed by atoms with Crippen molar-refractivity contribution in [3.63, 3.8) is 0 Å². The number of hydrogen-bond acceptors (Lipinski definition) is 6. The van der Waals surface area contributed by atoms with Gasteiger partial charge in [-0.1, -0.05) is 30.3 Å². The Labute approximate surface area is 140 Å². The van der Waals surface area contributed by atoms with E-state index in [1.807, 2.05) is 30.3 Å². The second-order valence-electron chi connectivity index (χ2n) is 5.23. The predicted octanol–water partition coefficient (Wildman–Crippen LogP) is 2.34. The van der Waals surface area contributed by atoms with E-state index in [4.69, 9.17) is 14.2 Å². The van der Waals surface area contributed by atoms with Crippen LogP contribution in [0.4, 0.5) is 0 Å². The first-order chi connectivity index (χ1) is 11.5. The van der Waals surface area contributed by atoms with Gasteiger partial charge in [0.15, 0.2) is 5.92 Å². The van der Waals surface area contributed by atoms with Crippen molar-refractivity contribution in [1.29, 1.82) is 0 Å². The molecule has 0 fully saturated rings. The number of carbonyl (C=O) groups excluding carboxylic acids is 3. The van der Waals surface area contributed by atoms with E-state index in [1.165, 1.54) is 0 Å². The molecule has 1 unspecified atom stereocenters. The van der Waals surface area contributed by atoms with Gasteiger partial charge in [0.1, 0.15) is 6.10 Å². The minimum absolute atomic E-state index is 0.000697. The number of carbonyl (C=O) groups is 3. The molecule has 1 aliphatic heterocycles. The molecule has 6 heteroatoms. The third kappa shape index (κ3) is 3.48. The Kier molecular flexibility index (Phi) is 5.73. The molecule has 0 saturated heterocycles. The molecule has 128 valence electrons. The van der Waals surface area contributed by atoms with Gasteiger partial charge in [-0.05, 0) is 31.9 Å². The lowest BCUT2D eigenvalue weighted by molar-refractivity contribution is -0.161. The van der Waals surface area contributed by atoms with E-state index in [0.29, 0.717) is 5.57 Å². The molecule has 0 bridgehead atoms. The highest BCUT2D eigenvalue weighted by atomic mass is 16.6. The Balaban J connectivity index is 2.43. The predicted molar refractivity (Wildman–Crippen MR) is 84.7 cm³/mol. The van der Waals surface area contributed by atoms with E-state index >= 15 is 0 Å². The molecular formula is C18H20O6. The van der Waals surface area contributed by atoms with Crippen LogP contribution in [0.5, 0.6) is 0 Å². The van der Waals surface area contributed by atoms with Crippen LogP contribution < -0.4 is 0 Å². The van der Waals surface area contributed by atoms with Crippen LogP contribution in [-0.2, 0) is 28.6 Å². The molecule has 1 aromatic carbocycles. The van der Waals surface area contributed by atoms with Crippen molar-refractivity contribution in [1.82, 2.24) is 0 Å². The normalized spacial score (nSPS) is 17.0. The van der Waals surface area contributed by atoms with E-state index in [1.54, 1.807) is 20.8 Å². The van der Waals surface area contributed by atoms with Gasteiger partial charge < -0.3 is 14.2 Å². The van der Waals surface area contributed by atoms with Crippen molar-refractivity contribution in [3.05, 3.63) is 47.0 Å². The molecular weight excluding hydrogens is 312 g/mol. The molecule has 0 radical (unpaired) electrons. The first-order valence-electron chi connectivity index (χ1n) is 7.81. The van der Waals surface area contributed by atoms with Gasteiger partial charge in [0, 0.05) is 0 Å². The highest BCUT2D eigenvalue weighted by molar-refractivity contribution is 6.08. The smallest absolute Gasteiger partial charge is 0.336 e. The molecule has 0 saturated carbocycles. The van der Waals surface area contributed by atoms with Crippen LogP contribution >= 0.6 is 0 Å². The molecule has 1 atom stereocenters. The summed E-state index contributed by atoms with van der Waals surface area (Å²) in [5.74, 6) is -3.74. The maximum atomic E-state index is 12.3. The summed E-state index contributed by atoms with van der Waals surface area (Å²) in [4.78, 5) is 36.8. The molecule has 0 spiro atoms. The van der Waals surface area contributed by atoms with Gasteiger partial charge in [0.05, 0.1) is 18.8 Å². The Morgan fingerprint density at radius 3 is 2.12 bits per heavy atom. The van der Waals surface area contributed by atoms with Crippen molar-refractivity contribution >= 4 is 17.9 Å². The minimum atomic E-state index is -1.42. The number of rotatable bonds is 6. The fourth-order valence-corrected chi connectivity index (χ4v) is 2.64. The van der Waals surface area contributed by atoms with E-state index in [-0.39, 0.29) is 18.8 Å². The van der Waals surface area contributed by atoms with E-state index in [2.05, 4.69) is 0 Å². The van der Waals surface area contributed by atoms with Crippen LogP contribution in [-0.4, -0.2) is 31.1 Å². The maximum absolute atomic E-state index is 12.3. The van der Waals surface area contributed by atoms with Crippen LogP contribution in [0.15, 0.2) is 41.5 Å². The molecule has 1 aliphatic rings. The van der Waals surface area contributed by atoms with E-state index < -0.39 is 29.9 Å². The minimum Gasteiger partial charge on any atom is -0.465 e. The molecule has 6 nitrogen and oxygen atoms in total. The Morgan fingerprint density at radius 1 is 1.08 bits per heavy atom. The van der Waals surface area contributed by atoms with Gasteiger partial charge in [-0.15, -0.1) is 0 Å². The molecule has 0 aliphatic carbocycles. The SMILES string of the molecule is CCOC(=O)C(C(=O)OCC)C1=C(C)C(c2ccccc2)OC1=O. The van der Waals surface area contributed by atoms with E-state index in [9.17, 15) is 14.4 Å². The summed E-state index contributed by atoms with van der Waals surface area (Å²) in [6.45, 7) is 5.11. The zero-order valence-corrected chi connectivity index (χ0v) is 13.9. The second kappa shape index (κ2) is 7.77. The molecule has 24 heavy (non-hydrogen) atoms. The standard InChI is InChI=1S/C18H20O6/c1-4-22-16(19)14(17(20)23-5-2)13-11(3)15(24-18(13)21)12-9-7-6-8-10-12/h6-10,14-15H,4-5H2,1-3H3. The Hall–Kier alpha value is -2.63. The van der Waals surface area contributed by atoms with Gasteiger partial charge in [0.25, 0.3) is 0 Å². The first kappa shape index (κ1) is 17.7. The fourth-order valence-electron chi connectivity index (χ4n) is 2.64. The van der Waals surface area contributed by atoms with Gasteiger partial charge in [-0.25, -0.2) is 4.79 Å². The fraction of sp³-hybridized carbons (Fsp3) is 0.389. The Bertz CT molecular complexity index is 643. The number of ether oxygens (including phenoxy) is 3. The molecule has 1 heterocycles. The highest BCUT2D eigenvalue weighted by Gasteiger charge is 2.44. The highest BCUT2D eigenvalue weighted by Crippen LogP contribution is 2.38. The van der Waals surface area contributed by atoms with Crippen LogP contribution in [0.2, 0.25) is 0 Å². The zero-order chi connectivity index (χ0) is 17.7. The summed E-state index contributed by atoms with van der Waals surface area (Å²) in [6.07, 6.45) is -0.625. The van der Waals surface area contributed by atoms with Crippen molar-refractivity contribution in [2.24, 2.45) is 5.92 Å². The molecule has 0 N–H and O–H groups in total. The maximum Gasteiger partial charge on any atom is 0.336 e. The zero-order valence-electron chi connectivity index (χ0n) is 13.9. The van der Waals surface area contributed by atoms with Gasteiger partial charge in [-0.3, -0.25) is 9.59 Å². The van der Waals surface area contributed by atoms with Crippen molar-refractivity contribution < 1.29 is 28.6 Å². The van der Waals surface area contributed by atoms with E-state index in [0.717, 1.165) is 5.56 Å². The van der Waals surface area contributed by atoms with Crippen molar-refractivity contribution in [3.8, 4) is 0 Å². The number of cyclic esters (lactones) is 1. The van der Waals surface area contributed by atoms with Crippen LogP contribution in [0.25, 0.3) is 0 Å². The lowest BCUT2D eigenvalue weighted by Crippen LogP contribution is -2.32. The number of hydrogen-bond donors (Lipinski definition) is 0.